The van der Waals surface area contributed by atoms with E-state index < -0.39 is 24.5 Å². The molecule has 3 rings (SSSR count). The summed E-state index contributed by atoms with van der Waals surface area (Å²) >= 11 is 0. The summed E-state index contributed by atoms with van der Waals surface area (Å²) in [5, 5.41) is 21.6. The van der Waals surface area contributed by atoms with Gasteiger partial charge in [-0.25, -0.2) is 15.0 Å². The molecule has 0 saturated carbocycles. The Labute approximate surface area is 166 Å². The minimum absolute atomic E-state index is 0.0293. The van der Waals surface area contributed by atoms with Crippen LogP contribution in [0.1, 0.15) is 25.5 Å². The molecule has 0 radical (unpaired) electrons. The first-order valence-electron chi connectivity index (χ1n) is 9.44. The standard InChI is InChI=1S/C17H30N7O3S/c1-28(10(4-6-19)3-2-5-18)7-11-13(25)14(26)17(27-11)24-9-23-12-15(20)21-8-22-16(12)24/h8-11,13-14,17,25-26H,2-7,18-19H2,1H3,(H2,20,21,22)/q+1/t10?,11-,13-,14-,17-,28?/m1/s1. The molecule has 0 aliphatic carbocycles. The molecule has 1 saturated heterocycles. The number of rotatable bonds is 9. The normalized spacial score (nSPS) is 27.3. The van der Waals surface area contributed by atoms with Gasteiger partial charge >= 0.3 is 0 Å². The van der Waals surface area contributed by atoms with Crippen LogP contribution in [-0.4, -0.2) is 78.4 Å². The van der Waals surface area contributed by atoms with E-state index in [1.54, 1.807) is 4.57 Å². The first-order valence-corrected chi connectivity index (χ1v) is 11.3. The highest BCUT2D eigenvalue weighted by molar-refractivity contribution is 7.96. The number of hydrogen-bond donors (Lipinski definition) is 5. The molecule has 11 heteroatoms. The van der Waals surface area contributed by atoms with Gasteiger partial charge in [-0.2, -0.15) is 0 Å². The maximum absolute atomic E-state index is 10.6. The third-order valence-electron chi connectivity index (χ3n) is 5.21. The van der Waals surface area contributed by atoms with Crippen molar-refractivity contribution in [3.05, 3.63) is 12.7 Å². The molecule has 1 aliphatic heterocycles. The molecule has 3 heterocycles. The minimum Gasteiger partial charge on any atom is -0.387 e. The first-order chi connectivity index (χ1) is 13.5. The number of fused-ring (bicyclic) bond motifs is 1. The lowest BCUT2D eigenvalue weighted by Crippen LogP contribution is -2.38. The van der Waals surface area contributed by atoms with Gasteiger partial charge in [-0.05, 0) is 36.8 Å². The van der Waals surface area contributed by atoms with Gasteiger partial charge < -0.3 is 32.2 Å². The number of aliphatic hydroxyl groups is 2. The van der Waals surface area contributed by atoms with Crippen molar-refractivity contribution in [2.75, 3.05) is 30.8 Å². The predicted octanol–water partition coefficient (Wildman–Crippen LogP) is -1.27. The number of nitrogen functional groups attached to an aromatic ring is 1. The molecule has 156 valence electrons. The summed E-state index contributed by atoms with van der Waals surface area (Å²) in [6.45, 7) is 1.27. The Hall–Kier alpha value is -1.50. The lowest BCUT2D eigenvalue weighted by Gasteiger charge is -2.20. The lowest BCUT2D eigenvalue weighted by molar-refractivity contribution is -0.0290. The van der Waals surface area contributed by atoms with Crippen LogP contribution in [-0.2, 0) is 15.6 Å². The number of ether oxygens (including phenoxy) is 1. The van der Waals surface area contributed by atoms with E-state index in [2.05, 4.69) is 21.2 Å². The molecule has 28 heavy (non-hydrogen) atoms. The number of anilines is 1. The number of imidazole rings is 1. The Morgan fingerprint density at radius 2 is 1.96 bits per heavy atom. The van der Waals surface area contributed by atoms with Crippen molar-refractivity contribution >= 4 is 27.9 Å². The third kappa shape index (κ3) is 4.24. The van der Waals surface area contributed by atoms with Crippen LogP contribution < -0.4 is 17.2 Å². The second kappa shape index (κ2) is 9.33. The topological polar surface area (TPSA) is 171 Å². The highest BCUT2D eigenvalue weighted by Gasteiger charge is 2.47. The van der Waals surface area contributed by atoms with Crippen LogP contribution >= 0.6 is 0 Å². The number of nitrogens with zero attached hydrogens (tertiary/aromatic N) is 4. The van der Waals surface area contributed by atoms with Crippen molar-refractivity contribution in [1.82, 2.24) is 19.5 Å². The molecule has 0 aromatic carbocycles. The zero-order chi connectivity index (χ0) is 20.3. The molecule has 1 fully saturated rings. The molecule has 2 aromatic rings. The fourth-order valence-electron chi connectivity index (χ4n) is 3.63. The van der Waals surface area contributed by atoms with Gasteiger partial charge in [0.05, 0.1) is 12.6 Å². The molecule has 0 spiro atoms. The van der Waals surface area contributed by atoms with Crippen molar-refractivity contribution in [2.24, 2.45) is 11.5 Å². The number of aromatic nitrogens is 4. The van der Waals surface area contributed by atoms with Crippen LogP contribution in [0.5, 0.6) is 0 Å². The Morgan fingerprint density at radius 3 is 2.68 bits per heavy atom. The van der Waals surface area contributed by atoms with Crippen molar-refractivity contribution in [2.45, 2.75) is 49.1 Å². The first kappa shape index (κ1) is 21.2. The molecule has 8 N–H and O–H groups in total. The highest BCUT2D eigenvalue weighted by atomic mass is 32.2. The van der Waals surface area contributed by atoms with E-state index in [1.807, 2.05) is 0 Å². The quantitative estimate of drug-likeness (QED) is 0.315. The molecular formula is C17H30N7O3S+. The summed E-state index contributed by atoms with van der Waals surface area (Å²) in [6.07, 6.45) is 4.51. The Balaban J connectivity index is 1.73. The van der Waals surface area contributed by atoms with Crippen molar-refractivity contribution in [1.29, 1.82) is 0 Å². The smallest absolute Gasteiger partial charge is 0.167 e. The summed E-state index contributed by atoms with van der Waals surface area (Å²) in [6, 6.07) is 0. The van der Waals surface area contributed by atoms with E-state index in [0.29, 0.717) is 35.3 Å². The third-order valence-corrected chi connectivity index (χ3v) is 7.68. The van der Waals surface area contributed by atoms with Gasteiger partial charge in [0, 0.05) is 6.42 Å². The zero-order valence-electron chi connectivity index (χ0n) is 16.0. The Kier molecular flexibility index (Phi) is 7.07. The van der Waals surface area contributed by atoms with E-state index in [-0.39, 0.29) is 16.7 Å². The molecule has 6 atom stereocenters. The van der Waals surface area contributed by atoms with Crippen LogP contribution in [0.3, 0.4) is 0 Å². The number of aliphatic hydroxyl groups excluding tert-OH is 2. The molecule has 10 nitrogen and oxygen atoms in total. The van der Waals surface area contributed by atoms with E-state index >= 15 is 0 Å². The van der Waals surface area contributed by atoms with Crippen LogP contribution in [0.25, 0.3) is 11.2 Å². The van der Waals surface area contributed by atoms with Crippen LogP contribution in [0.15, 0.2) is 12.7 Å². The zero-order valence-corrected chi connectivity index (χ0v) is 16.8. The lowest BCUT2D eigenvalue weighted by atomic mass is 10.1. The van der Waals surface area contributed by atoms with Crippen molar-refractivity contribution in [3.63, 3.8) is 0 Å². The summed E-state index contributed by atoms with van der Waals surface area (Å²) in [7, 11) is -0.0293. The van der Waals surface area contributed by atoms with Crippen LogP contribution in [0, 0.1) is 0 Å². The van der Waals surface area contributed by atoms with Gasteiger partial charge in [0.1, 0.15) is 41.2 Å². The second-order valence-electron chi connectivity index (χ2n) is 7.12. The van der Waals surface area contributed by atoms with Crippen molar-refractivity contribution < 1.29 is 14.9 Å². The van der Waals surface area contributed by atoms with Gasteiger partial charge in [-0.3, -0.25) is 4.57 Å². The molecule has 2 aromatic heterocycles. The van der Waals surface area contributed by atoms with E-state index in [9.17, 15) is 10.2 Å². The largest absolute Gasteiger partial charge is 0.387 e. The summed E-state index contributed by atoms with van der Waals surface area (Å²) < 4.78 is 7.65. The van der Waals surface area contributed by atoms with E-state index in [0.717, 1.165) is 19.3 Å². The van der Waals surface area contributed by atoms with E-state index in [1.165, 1.54) is 12.7 Å². The highest BCUT2D eigenvalue weighted by Crippen LogP contribution is 2.33. The molecule has 2 unspecified atom stereocenters. The van der Waals surface area contributed by atoms with Gasteiger partial charge in [-0.15, -0.1) is 0 Å². The minimum atomic E-state index is -1.09. The molecule has 0 amide bonds. The summed E-state index contributed by atoms with van der Waals surface area (Å²) in [5.74, 6) is 0.904. The SMILES string of the molecule is C[S+](C[C@H]1O[C@@H](n2cnc3c(N)ncnc32)[C@H](O)[C@@H]1O)C(CCN)CCCN. The maximum Gasteiger partial charge on any atom is 0.167 e. The Bertz CT molecular complexity index is 776. The Morgan fingerprint density at radius 1 is 1.18 bits per heavy atom. The fourth-order valence-corrected chi connectivity index (χ4v) is 5.80. The van der Waals surface area contributed by atoms with E-state index in [4.69, 9.17) is 21.9 Å². The van der Waals surface area contributed by atoms with Gasteiger partial charge in [0.25, 0.3) is 0 Å². The average Bonchev–Trinajstić information content (AvgIpc) is 3.22. The van der Waals surface area contributed by atoms with Gasteiger partial charge in [-0.1, -0.05) is 0 Å². The maximum atomic E-state index is 10.6. The monoisotopic (exact) mass is 412 g/mol. The van der Waals surface area contributed by atoms with Crippen LogP contribution in [0.2, 0.25) is 0 Å². The number of nitrogens with two attached hydrogens (primary N) is 3. The molecule has 0 bridgehead atoms. The number of hydrogen-bond acceptors (Lipinski definition) is 9. The molecule has 1 aliphatic rings. The molecular weight excluding hydrogens is 382 g/mol. The van der Waals surface area contributed by atoms with Gasteiger partial charge in [0.15, 0.2) is 17.7 Å². The summed E-state index contributed by atoms with van der Waals surface area (Å²) in [4.78, 5) is 12.3. The van der Waals surface area contributed by atoms with Crippen LogP contribution in [0.4, 0.5) is 5.82 Å². The summed E-state index contributed by atoms with van der Waals surface area (Å²) in [5.41, 5.74) is 18.1. The fraction of sp³-hybridized carbons (Fsp3) is 0.706. The average molecular weight is 413 g/mol. The van der Waals surface area contributed by atoms with Crippen molar-refractivity contribution in [3.8, 4) is 0 Å². The van der Waals surface area contributed by atoms with Gasteiger partial charge in [0.2, 0.25) is 0 Å². The second-order valence-corrected chi connectivity index (χ2v) is 9.50. The predicted molar refractivity (Wildman–Crippen MR) is 110 cm³/mol.